The van der Waals surface area contributed by atoms with Gasteiger partial charge in [-0.05, 0) is 105 Å². The van der Waals surface area contributed by atoms with Crippen molar-refractivity contribution < 1.29 is 0 Å². The number of unbranched alkanes of at least 4 members (excludes halogenated alkanes) is 48. The second kappa shape index (κ2) is 68.4. The molecule has 0 saturated heterocycles. The van der Waals surface area contributed by atoms with Crippen molar-refractivity contribution >= 4 is 11.1 Å². The SMILES string of the molecule is CCCCCCCCCCC(CCCCCCCC)Cc1ccc(C(=C(c2ccc(CC(CCCCCCCC)CCCCCCCCCC)cc2)c2ccc(CC(CCCCCCCC)CCCCCCCCCC)cc2)c2ccc(CC(CCCCCCCC)CCCCCCCCCC)cc2)cc1. The largest absolute Gasteiger partial charge is 0.0654 e. The summed E-state index contributed by atoms with van der Waals surface area (Å²) in [7, 11) is 0. The maximum absolute atomic E-state index is 2.58. The van der Waals surface area contributed by atoms with Crippen LogP contribution in [0.15, 0.2) is 97.1 Å². The predicted molar refractivity (Wildman–Crippen MR) is 480 cm³/mol. The number of rotatable bonds is 76. The van der Waals surface area contributed by atoms with Gasteiger partial charge in [0.05, 0.1) is 0 Å². The molecule has 0 fully saturated rings. The molecule has 0 aliphatic rings. The van der Waals surface area contributed by atoms with E-state index >= 15 is 0 Å². The lowest BCUT2D eigenvalue weighted by Gasteiger charge is -2.22. The van der Waals surface area contributed by atoms with Crippen LogP contribution < -0.4 is 0 Å². The van der Waals surface area contributed by atoms with Gasteiger partial charge in [-0.25, -0.2) is 0 Å². The molecule has 4 rings (SSSR count). The van der Waals surface area contributed by atoms with Crippen LogP contribution in [-0.4, -0.2) is 0 Å². The Morgan fingerprint density at radius 1 is 0.151 bits per heavy atom. The van der Waals surface area contributed by atoms with Crippen LogP contribution in [0.2, 0.25) is 0 Å². The molecular weight excluding hydrogens is 1270 g/mol. The molecular formula is C106H180. The second-order valence-corrected chi connectivity index (χ2v) is 35.1. The maximum Gasteiger partial charge on any atom is -0.00268 e. The second-order valence-electron chi connectivity index (χ2n) is 35.1. The lowest BCUT2D eigenvalue weighted by Crippen LogP contribution is -2.07. The third-order valence-corrected chi connectivity index (χ3v) is 25.0. The van der Waals surface area contributed by atoms with Gasteiger partial charge in [0, 0.05) is 0 Å². The van der Waals surface area contributed by atoms with Gasteiger partial charge in [0.25, 0.3) is 0 Å². The van der Waals surface area contributed by atoms with Crippen LogP contribution in [-0.2, 0) is 25.7 Å². The monoisotopic (exact) mass is 1450 g/mol. The van der Waals surface area contributed by atoms with Crippen molar-refractivity contribution in [3.63, 3.8) is 0 Å². The molecule has 0 saturated carbocycles. The summed E-state index contributed by atoms with van der Waals surface area (Å²) in [6.45, 7) is 18.8. The molecule has 0 N–H and O–H groups in total. The highest BCUT2D eigenvalue weighted by Gasteiger charge is 2.21. The van der Waals surface area contributed by atoms with Crippen molar-refractivity contribution in [2.24, 2.45) is 23.7 Å². The molecule has 0 heteroatoms. The first-order chi connectivity index (χ1) is 52.4. The van der Waals surface area contributed by atoms with E-state index in [0.29, 0.717) is 0 Å². The van der Waals surface area contributed by atoms with Gasteiger partial charge in [-0.3, -0.25) is 0 Å². The van der Waals surface area contributed by atoms with Crippen LogP contribution in [0.4, 0.5) is 0 Å². The Labute approximate surface area is 664 Å². The molecule has 604 valence electrons. The van der Waals surface area contributed by atoms with Crippen LogP contribution in [0.5, 0.6) is 0 Å². The van der Waals surface area contributed by atoms with Crippen molar-refractivity contribution in [2.75, 3.05) is 0 Å². The van der Waals surface area contributed by atoms with E-state index in [0.717, 1.165) is 23.7 Å². The highest BCUT2D eigenvalue weighted by Crippen LogP contribution is 2.40. The molecule has 0 aliphatic heterocycles. The van der Waals surface area contributed by atoms with Gasteiger partial charge >= 0.3 is 0 Å². The minimum absolute atomic E-state index is 0.768. The fraction of sp³-hybridized carbons (Fsp3) is 0.755. The summed E-state index contributed by atoms with van der Waals surface area (Å²) >= 11 is 0. The molecule has 0 aromatic heterocycles. The van der Waals surface area contributed by atoms with E-state index in [-0.39, 0.29) is 0 Å². The highest BCUT2D eigenvalue weighted by molar-refractivity contribution is 6.04. The molecule has 4 unspecified atom stereocenters. The first-order valence-electron chi connectivity index (χ1n) is 48.5. The zero-order valence-corrected chi connectivity index (χ0v) is 72.6. The van der Waals surface area contributed by atoms with E-state index in [4.69, 9.17) is 0 Å². The molecule has 0 amide bonds. The molecule has 4 aromatic rings. The molecule has 0 heterocycles. The maximum atomic E-state index is 2.58. The lowest BCUT2D eigenvalue weighted by atomic mass is 9.82. The Balaban J connectivity index is 1.87. The summed E-state index contributed by atoms with van der Waals surface area (Å²) < 4.78 is 0. The first-order valence-corrected chi connectivity index (χ1v) is 48.5. The zero-order valence-electron chi connectivity index (χ0n) is 72.6. The topological polar surface area (TPSA) is 0 Å². The third-order valence-electron chi connectivity index (χ3n) is 25.0. The molecule has 4 aromatic carbocycles. The van der Waals surface area contributed by atoms with Crippen molar-refractivity contribution in [3.8, 4) is 0 Å². The van der Waals surface area contributed by atoms with Gasteiger partial charge in [0.2, 0.25) is 0 Å². The van der Waals surface area contributed by atoms with Gasteiger partial charge in [-0.15, -0.1) is 0 Å². The lowest BCUT2D eigenvalue weighted by molar-refractivity contribution is 0.400. The van der Waals surface area contributed by atoms with E-state index in [1.807, 2.05) is 0 Å². The van der Waals surface area contributed by atoms with Crippen molar-refractivity contribution in [3.05, 3.63) is 142 Å². The Bertz CT molecular complexity index is 2170. The van der Waals surface area contributed by atoms with E-state index in [1.54, 1.807) is 22.3 Å². The summed E-state index contributed by atoms with van der Waals surface area (Å²) in [6.07, 6.45) is 94.3. The molecule has 0 radical (unpaired) electrons. The van der Waals surface area contributed by atoms with Crippen molar-refractivity contribution in [1.82, 2.24) is 0 Å². The highest BCUT2D eigenvalue weighted by atomic mass is 14.3. The average molecular weight is 1450 g/mol. The van der Waals surface area contributed by atoms with Crippen LogP contribution >= 0.6 is 0 Å². The molecule has 0 aliphatic carbocycles. The van der Waals surface area contributed by atoms with Crippen molar-refractivity contribution in [1.29, 1.82) is 0 Å². The smallest absolute Gasteiger partial charge is 0.00268 e. The molecule has 106 heavy (non-hydrogen) atoms. The fourth-order valence-corrected chi connectivity index (χ4v) is 18.0. The Hall–Kier alpha value is -3.38. The van der Waals surface area contributed by atoms with Gasteiger partial charge < -0.3 is 0 Å². The van der Waals surface area contributed by atoms with Gasteiger partial charge in [-0.1, -0.05) is 563 Å². The minimum atomic E-state index is 0.768. The first kappa shape index (κ1) is 95.0. The normalized spacial score (nSPS) is 12.9. The summed E-state index contributed by atoms with van der Waals surface area (Å²) in [5, 5.41) is 0. The van der Waals surface area contributed by atoms with Gasteiger partial charge in [0.15, 0.2) is 0 Å². The van der Waals surface area contributed by atoms with Crippen LogP contribution in [0, 0.1) is 23.7 Å². The Morgan fingerprint density at radius 3 is 0.387 bits per heavy atom. The standard InChI is InChI=1S/C106H180/c1-9-17-25-33-41-45-53-61-69-93(65-57-49-37-29-21-13-5)89-97-73-81-101(82-74-97)105(102-83-75-98(76-84-102)90-94(66-58-50-38-30-22-14-6)70-62-54-46-42-34-26-18-10-2)106(103-85-77-99(78-86-103)91-95(67-59-51-39-31-23-15-7)71-63-55-47-43-35-27-19-11-3)104-87-79-100(80-88-104)92-96(68-60-52-40-32-24-16-8)72-64-56-48-44-36-28-20-12-4/h73-88,93-96H,9-72,89-92H2,1-8H3. The molecule has 4 atom stereocenters. The molecule has 0 spiro atoms. The quantitative estimate of drug-likeness (QED) is 0.0305. The Morgan fingerprint density at radius 2 is 0.264 bits per heavy atom. The van der Waals surface area contributed by atoms with Crippen LogP contribution in [0.3, 0.4) is 0 Å². The van der Waals surface area contributed by atoms with E-state index in [2.05, 4.69) is 152 Å². The van der Waals surface area contributed by atoms with E-state index in [9.17, 15) is 0 Å². The Kier molecular flexibility index (Phi) is 61.3. The zero-order chi connectivity index (χ0) is 75.5. The molecule has 0 nitrogen and oxygen atoms in total. The van der Waals surface area contributed by atoms with Gasteiger partial charge in [0.1, 0.15) is 0 Å². The number of benzene rings is 4. The fourth-order valence-electron chi connectivity index (χ4n) is 18.0. The van der Waals surface area contributed by atoms with E-state index < -0.39 is 0 Å². The minimum Gasteiger partial charge on any atom is -0.0654 e. The number of hydrogen-bond donors (Lipinski definition) is 0. The average Bonchev–Trinajstić information content (AvgIpc) is 0.779. The predicted octanol–water partition coefficient (Wildman–Crippen LogP) is 36.5. The van der Waals surface area contributed by atoms with Crippen LogP contribution in [0.1, 0.15) is 511 Å². The third kappa shape index (κ3) is 47.7. The molecule has 0 bridgehead atoms. The summed E-state index contributed by atoms with van der Waals surface area (Å²) in [5.74, 6) is 3.07. The summed E-state index contributed by atoms with van der Waals surface area (Å²) in [4.78, 5) is 0. The number of hydrogen-bond acceptors (Lipinski definition) is 0. The summed E-state index contributed by atoms with van der Waals surface area (Å²) in [5.41, 5.74) is 14.5. The van der Waals surface area contributed by atoms with Gasteiger partial charge in [-0.2, -0.15) is 0 Å². The van der Waals surface area contributed by atoms with E-state index in [1.165, 1.54) is 470 Å². The van der Waals surface area contributed by atoms with Crippen LogP contribution in [0.25, 0.3) is 11.1 Å². The van der Waals surface area contributed by atoms with Crippen molar-refractivity contribution in [2.45, 2.75) is 492 Å². The summed E-state index contributed by atoms with van der Waals surface area (Å²) in [6, 6.07) is 41.3.